The molecular formula is C10H12BrNO2. The lowest BCUT2D eigenvalue weighted by molar-refractivity contribution is 0.174. The Hall–Kier alpha value is -0.740. The van der Waals surface area contributed by atoms with E-state index in [2.05, 4.69) is 20.8 Å². The van der Waals surface area contributed by atoms with E-state index >= 15 is 0 Å². The van der Waals surface area contributed by atoms with Gasteiger partial charge in [-0.25, -0.2) is 0 Å². The predicted octanol–water partition coefficient (Wildman–Crippen LogP) is 2.37. The van der Waals surface area contributed by atoms with Crippen LogP contribution >= 0.6 is 15.9 Å². The largest absolute Gasteiger partial charge is 0.454 e. The first-order valence-corrected chi connectivity index (χ1v) is 5.30. The smallest absolute Gasteiger partial charge is 0.231 e. The average molecular weight is 258 g/mol. The highest BCUT2D eigenvalue weighted by Gasteiger charge is 2.17. The van der Waals surface area contributed by atoms with E-state index in [0.717, 1.165) is 11.5 Å². The topological polar surface area (TPSA) is 21.7 Å². The highest BCUT2D eigenvalue weighted by Crippen LogP contribution is 2.36. The number of ether oxygens (including phenoxy) is 2. The highest BCUT2D eigenvalue weighted by molar-refractivity contribution is 9.09. The molecule has 1 aromatic carbocycles. The molecule has 1 unspecified atom stereocenters. The number of alkyl halides is 1. The minimum Gasteiger partial charge on any atom is -0.454 e. The van der Waals surface area contributed by atoms with E-state index in [1.54, 1.807) is 0 Å². The predicted molar refractivity (Wildman–Crippen MR) is 57.9 cm³/mol. The van der Waals surface area contributed by atoms with Crippen molar-refractivity contribution in [2.75, 3.05) is 20.9 Å². The monoisotopic (exact) mass is 257 g/mol. The second-order valence-electron chi connectivity index (χ2n) is 3.41. The van der Waals surface area contributed by atoms with Crippen LogP contribution in [0.3, 0.4) is 0 Å². The van der Waals surface area contributed by atoms with Crippen LogP contribution in [0.1, 0.15) is 10.5 Å². The summed E-state index contributed by atoms with van der Waals surface area (Å²) in [7, 11) is 4.04. The molecule has 0 amide bonds. The summed E-state index contributed by atoms with van der Waals surface area (Å²) in [5.74, 6) is 1.65. The summed E-state index contributed by atoms with van der Waals surface area (Å²) < 4.78 is 10.5. The minimum absolute atomic E-state index is 0.206. The standard InChI is InChI=1S/C10H12BrNO2/c1-12(2)10(11)7-3-4-8-9(5-7)14-6-13-8/h3-5,10H,6H2,1-2H3. The van der Waals surface area contributed by atoms with Crippen LogP contribution in [0.25, 0.3) is 0 Å². The number of halogens is 1. The molecule has 1 aliphatic heterocycles. The van der Waals surface area contributed by atoms with Gasteiger partial charge in [-0.15, -0.1) is 0 Å². The van der Waals surface area contributed by atoms with Crippen molar-refractivity contribution < 1.29 is 9.47 Å². The van der Waals surface area contributed by atoms with E-state index < -0.39 is 0 Å². The number of hydrogen-bond donors (Lipinski definition) is 0. The first-order chi connectivity index (χ1) is 6.68. The van der Waals surface area contributed by atoms with Gasteiger partial charge >= 0.3 is 0 Å². The second-order valence-corrected chi connectivity index (χ2v) is 4.28. The lowest BCUT2D eigenvalue weighted by Crippen LogP contribution is -2.14. The number of benzene rings is 1. The summed E-state index contributed by atoms with van der Waals surface area (Å²) in [6.07, 6.45) is 0. The minimum atomic E-state index is 0.206. The molecule has 0 saturated heterocycles. The first kappa shape index (κ1) is 9.80. The summed E-state index contributed by atoms with van der Waals surface area (Å²) in [6.45, 7) is 0.327. The first-order valence-electron chi connectivity index (χ1n) is 4.38. The Labute approximate surface area is 91.7 Å². The van der Waals surface area contributed by atoms with Crippen molar-refractivity contribution >= 4 is 15.9 Å². The summed E-state index contributed by atoms with van der Waals surface area (Å²) in [6, 6.07) is 5.98. The van der Waals surface area contributed by atoms with Gasteiger partial charge in [0, 0.05) is 0 Å². The Bertz CT molecular complexity index is 341. The van der Waals surface area contributed by atoms with Crippen LogP contribution in [-0.4, -0.2) is 25.8 Å². The fourth-order valence-corrected chi connectivity index (χ4v) is 1.64. The molecule has 3 nitrogen and oxygen atoms in total. The molecule has 0 spiro atoms. The number of hydrogen-bond acceptors (Lipinski definition) is 3. The van der Waals surface area contributed by atoms with E-state index in [1.807, 2.05) is 32.3 Å². The van der Waals surface area contributed by atoms with Gasteiger partial charge in [0.05, 0.1) is 4.95 Å². The van der Waals surface area contributed by atoms with Crippen molar-refractivity contribution in [2.45, 2.75) is 4.95 Å². The molecule has 0 aliphatic carbocycles. The highest BCUT2D eigenvalue weighted by atomic mass is 79.9. The van der Waals surface area contributed by atoms with Gasteiger partial charge in [-0.1, -0.05) is 22.0 Å². The van der Waals surface area contributed by atoms with Crippen LogP contribution in [0.15, 0.2) is 18.2 Å². The second kappa shape index (κ2) is 3.79. The van der Waals surface area contributed by atoms with Gasteiger partial charge in [-0.05, 0) is 31.8 Å². The van der Waals surface area contributed by atoms with Crippen LogP contribution in [-0.2, 0) is 0 Å². The van der Waals surface area contributed by atoms with Crippen LogP contribution < -0.4 is 9.47 Å². The third-order valence-electron chi connectivity index (χ3n) is 2.13. The summed E-state index contributed by atoms with van der Waals surface area (Å²) in [4.78, 5) is 2.29. The Morgan fingerprint density at radius 1 is 1.29 bits per heavy atom. The Balaban J connectivity index is 2.28. The van der Waals surface area contributed by atoms with Crippen molar-refractivity contribution in [3.8, 4) is 11.5 Å². The molecule has 14 heavy (non-hydrogen) atoms. The molecule has 0 N–H and O–H groups in total. The lowest BCUT2D eigenvalue weighted by atomic mass is 10.2. The van der Waals surface area contributed by atoms with Gasteiger partial charge in [-0.3, -0.25) is 4.90 Å². The molecular weight excluding hydrogens is 246 g/mol. The third kappa shape index (κ3) is 1.72. The van der Waals surface area contributed by atoms with Crippen LogP contribution in [0, 0.1) is 0 Å². The molecule has 4 heteroatoms. The molecule has 1 aromatic rings. The van der Waals surface area contributed by atoms with Crippen LogP contribution in [0.2, 0.25) is 0 Å². The Kier molecular flexibility index (Phi) is 2.65. The van der Waals surface area contributed by atoms with Gasteiger partial charge in [0.1, 0.15) is 0 Å². The lowest BCUT2D eigenvalue weighted by Gasteiger charge is -2.18. The van der Waals surface area contributed by atoms with Crippen molar-refractivity contribution in [2.24, 2.45) is 0 Å². The number of nitrogens with zero attached hydrogens (tertiary/aromatic N) is 1. The normalized spacial score (nSPS) is 16.0. The van der Waals surface area contributed by atoms with E-state index in [4.69, 9.17) is 9.47 Å². The summed E-state index contributed by atoms with van der Waals surface area (Å²) >= 11 is 3.59. The fraction of sp³-hybridized carbons (Fsp3) is 0.400. The average Bonchev–Trinajstić information content (AvgIpc) is 2.62. The van der Waals surface area contributed by atoms with Gasteiger partial charge in [0.25, 0.3) is 0 Å². The molecule has 0 saturated carbocycles. The molecule has 0 fully saturated rings. The molecule has 0 radical (unpaired) electrons. The zero-order chi connectivity index (χ0) is 10.1. The number of rotatable bonds is 2. The molecule has 0 aromatic heterocycles. The third-order valence-corrected chi connectivity index (χ3v) is 3.47. The SMILES string of the molecule is CN(C)C(Br)c1ccc2c(c1)OCO2. The molecule has 1 heterocycles. The van der Waals surface area contributed by atoms with Crippen molar-refractivity contribution in [1.82, 2.24) is 4.90 Å². The quantitative estimate of drug-likeness (QED) is 0.600. The molecule has 2 rings (SSSR count). The fourth-order valence-electron chi connectivity index (χ4n) is 1.36. The summed E-state index contributed by atoms with van der Waals surface area (Å²) in [5.41, 5.74) is 1.17. The van der Waals surface area contributed by atoms with Crippen molar-refractivity contribution in [1.29, 1.82) is 0 Å². The summed E-state index contributed by atoms with van der Waals surface area (Å²) in [5, 5.41) is 0. The van der Waals surface area contributed by atoms with Gasteiger partial charge in [0.15, 0.2) is 11.5 Å². The molecule has 76 valence electrons. The Morgan fingerprint density at radius 2 is 2.00 bits per heavy atom. The van der Waals surface area contributed by atoms with Crippen LogP contribution in [0.4, 0.5) is 0 Å². The zero-order valence-electron chi connectivity index (χ0n) is 8.16. The van der Waals surface area contributed by atoms with Crippen molar-refractivity contribution in [3.05, 3.63) is 23.8 Å². The maximum Gasteiger partial charge on any atom is 0.231 e. The zero-order valence-corrected chi connectivity index (χ0v) is 9.74. The van der Waals surface area contributed by atoms with E-state index in [0.29, 0.717) is 6.79 Å². The van der Waals surface area contributed by atoms with E-state index in [9.17, 15) is 0 Å². The van der Waals surface area contributed by atoms with Gasteiger partial charge < -0.3 is 9.47 Å². The van der Waals surface area contributed by atoms with Gasteiger partial charge in [-0.2, -0.15) is 0 Å². The van der Waals surface area contributed by atoms with E-state index in [-0.39, 0.29) is 4.95 Å². The molecule has 0 bridgehead atoms. The Morgan fingerprint density at radius 3 is 2.71 bits per heavy atom. The maximum absolute atomic E-state index is 5.31. The molecule has 1 atom stereocenters. The number of fused-ring (bicyclic) bond motifs is 1. The molecule has 1 aliphatic rings. The van der Waals surface area contributed by atoms with E-state index in [1.165, 1.54) is 5.56 Å². The van der Waals surface area contributed by atoms with Gasteiger partial charge in [0.2, 0.25) is 6.79 Å². The maximum atomic E-state index is 5.31. The van der Waals surface area contributed by atoms with Crippen molar-refractivity contribution in [3.63, 3.8) is 0 Å². The van der Waals surface area contributed by atoms with Crippen LogP contribution in [0.5, 0.6) is 11.5 Å².